The van der Waals surface area contributed by atoms with E-state index < -0.39 is 0 Å². The van der Waals surface area contributed by atoms with Crippen LogP contribution in [0, 0.1) is 5.92 Å². The lowest BCUT2D eigenvalue weighted by atomic mass is 9.83. The maximum atomic E-state index is 12.1. The summed E-state index contributed by atoms with van der Waals surface area (Å²) in [6.07, 6.45) is 7.28. The van der Waals surface area contributed by atoms with Crippen LogP contribution < -0.4 is 10.9 Å². The van der Waals surface area contributed by atoms with E-state index in [9.17, 15) is 9.59 Å². The van der Waals surface area contributed by atoms with Crippen molar-refractivity contribution < 1.29 is 4.79 Å². The van der Waals surface area contributed by atoms with E-state index >= 15 is 0 Å². The van der Waals surface area contributed by atoms with Crippen molar-refractivity contribution in [3.8, 4) is 0 Å². The third kappa shape index (κ3) is 3.00. The summed E-state index contributed by atoms with van der Waals surface area (Å²) in [5.41, 5.74) is 0.206. The van der Waals surface area contributed by atoms with E-state index in [0.717, 1.165) is 12.8 Å². The van der Waals surface area contributed by atoms with Gasteiger partial charge in [-0.3, -0.25) is 9.59 Å². The molecule has 2 unspecified atom stereocenters. The van der Waals surface area contributed by atoms with Gasteiger partial charge in [-0.25, -0.2) is 0 Å². The third-order valence-electron chi connectivity index (χ3n) is 3.79. The van der Waals surface area contributed by atoms with Crippen LogP contribution >= 0.6 is 0 Å². The van der Waals surface area contributed by atoms with E-state index in [-0.39, 0.29) is 17.5 Å². The average Bonchev–Trinajstić information content (AvgIpc) is 2.39. The summed E-state index contributed by atoms with van der Waals surface area (Å²) in [4.78, 5) is 25.7. The zero-order valence-electron chi connectivity index (χ0n) is 10.7. The summed E-state index contributed by atoms with van der Waals surface area (Å²) in [6, 6.07) is 3.25. The Morgan fingerprint density at radius 1 is 1.44 bits per heavy atom. The number of H-pyrrole nitrogens is 1. The lowest BCUT2D eigenvalue weighted by Gasteiger charge is -2.31. The maximum absolute atomic E-state index is 12.1. The lowest BCUT2D eigenvalue weighted by Crippen LogP contribution is -2.42. The predicted octanol–water partition coefficient (Wildman–Crippen LogP) is 2.07. The molecule has 1 aromatic rings. The number of carbonyl (C=O) groups excluding carboxylic acids is 1. The fourth-order valence-corrected chi connectivity index (χ4v) is 2.72. The van der Waals surface area contributed by atoms with Crippen molar-refractivity contribution in [2.75, 3.05) is 0 Å². The molecule has 2 atom stereocenters. The fraction of sp³-hybridized carbons (Fsp3) is 0.571. The number of aromatic amines is 1. The summed E-state index contributed by atoms with van der Waals surface area (Å²) in [7, 11) is 0. The van der Waals surface area contributed by atoms with Crippen molar-refractivity contribution in [2.24, 2.45) is 5.92 Å². The van der Waals surface area contributed by atoms with Crippen LogP contribution in [0.15, 0.2) is 23.1 Å². The van der Waals surface area contributed by atoms with E-state index in [1.54, 1.807) is 6.07 Å². The van der Waals surface area contributed by atoms with Crippen LogP contribution in [-0.4, -0.2) is 16.9 Å². The van der Waals surface area contributed by atoms with Crippen LogP contribution in [0.1, 0.15) is 49.4 Å². The number of amides is 1. The lowest BCUT2D eigenvalue weighted by molar-refractivity contribution is 0.0904. The van der Waals surface area contributed by atoms with Gasteiger partial charge in [-0.2, -0.15) is 0 Å². The van der Waals surface area contributed by atoms with Crippen molar-refractivity contribution in [3.05, 3.63) is 34.2 Å². The smallest absolute Gasteiger partial charge is 0.251 e. The Morgan fingerprint density at radius 2 is 2.22 bits per heavy atom. The number of carbonyl (C=O) groups is 1. The Balaban J connectivity index is 2.04. The molecule has 2 N–H and O–H groups in total. The molecule has 0 saturated heterocycles. The topological polar surface area (TPSA) is 62.0 Å². The SMILES string of the molecule is CCC1CCCCC1NC(=O)c1cc[nH]c(=O)c1. The molecule has 1 aliphatic carbocycles. The van der Waals surface area contributed by atoms with E-state index in [1.807, 2.05) is 0 Å². The Hall–Kier alpha value is -1.58. The Labute approximate surface area is 107 Å². The van der Waals surface area contributed by atoms with Gasteiger partial charge in [-0.15, -0.1) is 0 Å². The molecule has 1 fully saturated rings. The van der Waals surface area contributed by atoms with E-state index in [0.29, 0.717) is 11.5 Å². The van der Waals surface area contributed by atoms with Crippen LogP contribution in [-0.2, 0) is 0 Å². The van der Waals surface area contributed by atoms with Gasteiger partial charge in [0.05, 0.1) is 0 Å². The normalized spacial score (nSPS) is 23.6. The number of rotatable bonds is 3. The van der Waals surface area contributed by atoms with E-state index in [4.69, 9.17) is 0 Å². The van der Waals surface area contributed by atoms with Gasteiger partial charge in [0.1, 0.15) is 0 Å². The number of hydrogen-bond donors (Lipinski definition) is 2. The van der Waals surface area contributed by atoms with Gasteiger partial charge >= 0.3 is 0 Å². The molecule has 1 aliphatic rings. The molecule has 1 heterocycles. The second-order valence-corrected chi connectivity index (χ2v) is 4.97. The highest BCUT2D eigenvalue weighted by molar-refractivity contribution is 5.94. The molecule has 4 nitrogen and oxygen atoms in total. The summed E-state index contributed by atoms with van der Waals surface area (Å²) in [5, 5.41) is 3.07. The maximum Gasteiger partial charge on any atom is 0.251 e. The van der Waals surface area contributed by atoms with E-state index in [2.05, 4.69) is 17.2 Å². The molecule has 2 rings (SSSR count). The molecule has 98 valence electrons. The van der Waals surface area contributed by atoms with Gasteiger partial charge in [0.25, 0.3) is 5.91 Å². The summed E-state index contributed by atoms with van der Waals surface area (Å²) in [5.74, 6) is 0.441. The molecule has 0 aliphatic heterocycles. The number of nitrogens with one attached hydrogen (secondary N) is 2. The minimum atomic E-state index is -0.238. The number of hydrogen-bond acceptors (Lipinski definition) is 2. The molecular formula is C14H20N2O2. The second-order valence-electron chi connectivity index (χ2n) is 4.97. The number of pyridine rings is 1. The van der Waals surface area contributed by atoms with Crippen LogP contribution in [0.2, 0.25) is 0 Å². The highest BCUT2D eigenvalue weighted by atomic mass is 16.2. The van der Waals surface area contributed by atoms with Crippen LogP contribution in [0.25, 0.3) is 0 Å². The molecule has 18 heavy (non-hydrogen) atoms. The number of aromatic nitrogens is 1. The van der Waals surface area contributed by atoms with Gasteiger partial charge in [-0.05, 0) is 24.8 Å². The highest BCUT2D eigenvalue weighted by Crippen LogP contribution is 2.26. The van der Waals surface area contributed by atoms with Gasteiger partial charge in [0.15, 0.2) is 0 Å². The summed E-state index contributed by atoms with van der Waals surface area (Å²) < 4.78 is 0. The van der Waals surface area contributed by atoms with Crippen LogP contribution in [0.4, 0.5) is 0 Å². The zero-order chi connectivity index (χ0) is 13.0. The van der Waals surface area contributed by atoms with Crippen molar-refractivity contribution >= 4 is 5.91 Å². The standard InChI is InChI=1S/C14H20N2O2/c1-2-10-5-3-4-6-12(10)16-14(18)11-7-8-15-13(17)9-11/h7-10,12H,2-6H2,1H3,(H,15,17)(H,16,18). The van der Waals surface area contributed by atoms with Crippen LogP contribution in [0.5, 0.6) is 0 Å². The Morgan fingerprint density at radius 3 is 2.94 bits per heavy atom. The summed E-state index contributed by atoms with van der Waals surface area (Å²) >= 11 is 0. The minimum Gasteiger partial charge on any atom is -0.349 e. The second kappa shape index (κ2) is 5.85. The van der Waals surface area contributed by atoms with Gasteiger partial charge < -0.3 is 10.3 Å². The molecule has 0 spiro atoms. The molecule has 1 amide bonds. The van der Waals surface area contributed by atoms with E-state index in [1.165, 1.54) is 31.5 Å². The van der Waals surface area contributed by atoms with Crippen molar-refractivity contribution in [1.82, 2.24) is 10.3 Å². The molecule has 1 saturated carbocycles. The van der Waals surface area contributed by atoms with Gasteiger partial charge in [-0.1, -0.05) is 26.2 Å². The van der Waals surface area contributed by atoms with Crippen LogP contribution in [0.3, 0.4) is 0 Å². The first-order valence-corrected chi connectivity index (χ1v) is 6.70. The highest BCUT2D eigenvalue weighted by Gasteiger charge is 2.25. The molecule has 1 aromatic heterocycles. The third-order valence-corrected chi connectivity index (χ3v) is 3.79. The Kier molecular flexibility index (Phi) is 4.18. The Bertz CT molecular complexity index is 467. The zero-order valence-corrected chi connectivity index (χ0v) is 10.7. The average molecular weight is 248 g/mol. The van der Waals surface area contributed by atoms with Crippen molar-refractivity contribution in [1.29, 1.82) is 0 Å². The molecule has 0 radical (unpaired) electrons. The minimum absolute atomic E-state index is 0.133. The van der Waals surface area contributed by atoms with Gasteiger partial charge in [0, 0.05) is 23.9 Å². The summed E-state index contributed by atoms with van der Waals surface area (Å²) in [6.45, 7) is 2.17. The first kappa shape index (κ1) is 12.9. The van der Waals surface area contributed by atoms with Crippen molar-refractivity contribution in [3.63, 3.8) is 0 Å². The first-order chi connectivity index (χ1) is 8.70. The molecular weight excluding hydrogens is 228 g/mol. The monoisotopic (exact) mass is 248 g/mol. The fourth-order valence-electron chi connectivity index (χ4n) is 2.72. The molecule has 4 heteroatoms. The van der Waals surface area contributed by atoms with Gasteiger partial charge in [0.2, 0.25) is 5.56 Å². The molecule has 0 aromatic carbocycles. The predicted molar refractivity (Wildman–Crippen MR) is 70.6 cm³/mol. The quantitative estimate of drug-likeness (QED) is 0.860. The van der Waals surface area contributed by atoms with Crippen molar-refractivity contribution in [2.45, 2.75) is 45.1 Å². The largest absolute Gasteiger partial charge is 0.349 e. The molecule has 0 bridgehead atoms. The first-order valence-electron chi connectivity index (χ1n) is 6.70.